The van der Waals surface area contributed by atoms with Crippen molar-refractivity contribution in [3.63, 3.8) is 0 Å². The van der Waals surface area contributed by atoms with E-state index in [1.54, 1.807) is 0 Å². The Labute approximate surface area is 62.2 Å². The first-order chi connectivity index (χ1) is 4.56. The summed E-state index contributed by atoms with van der Waals surface area (Å²) < 4.78 is 23.3. The third-order valence-corrected chi connectivity index (χ3v) is 1.64. The highest BCUT2D eigenvalue weighted by atomic mass is 32.2. The summed E-state index contributed by atoms with van der Waals surface area (Å²) in [6.45, 7) is 2.39. The Bertz CT molecular complexity index is 194. The van der Waals surface area contributed by atoms with E-state index < -0.39 is 10.0 Å². The molecule has 0 spiro atoms. The Hall–Kier alpha value is -0.350. The molecule has 0 amide bonds. The Morgan fingerprint density at radius 2 is 2.10 bits per heavy atom. The van der Waals surface area contributed by atoms with Gasteiger partial charge in [-0.3, -0.25) is 0 Å². The van der Waals surface area contributed by atoms with E-state index in [0.29, 0.717) is 6.54 Å². The highest BCUT2D eigenvalue weighted by Crippen LogP contribution is 1.81. The van der Waals surface area contributed by atoms with Gasteiger partial charge >= 0.3 is 0 Å². The van der Waals surface area contributed by atoms with Crippen LogP contribution in [0.15, 0.2) is 12.2 Å². The van der Waals surface area contributed by atoms with Gasteiger partial charge < -0.3 is 0 Å². The normalized spacial score (nSPS) is 12.6. The van der Waals surface area contributed by atoms with Crippen molar-refractivity contribution >= 4 is 10.0 Å². The molecule has 3 nitrogen and oxygen atoms in total. The van der Waals surface area contributed by atoms with E-state index in [9.17, 15) is 8.42 Å². The summed E-state index contributed by atoms with van der Waals surface area (Å²) in [5.74, 6) is 0. The van der Waals surface area contributed by atoms with Crippen molar-refractivity contribution in [2.75, 3.05) is 12.8 Å². The zero-order valence-electron chi connectivity index (χ0n) is 6.29. The number of rotatable bonds is 4. The molecular formula is C6H13NO2S. The summed E-state index contributed by atoms with van der Waals surface area (Å²) in [4.78, 5) is 0. The van der Waals surface area contributed by atoms with Crippen LogP contribution < -0.4 is 4.72 Å². The van der Waals surface area contributed by atoms with Gasteiger partial charge in [-0.05, 0) is 13.3 Å². The van der Waals surface area contributed by atoms with Crippen molar-refractivity contribution in [2.24, 2.45) is 0 Å². The van der Waals surface area contributed by atoms with Crippen molar-refractivity contribution in [3.8, 4) is 0 Å². The van der Waals surface area contributed by atoms with Gasteiger partial charge in [0.2, 0.25) is 10.0 Å². The molecule has 0 aliphatic carbocycles. The molecule has 0 aromatic rings. The van der Waals surface area contributed by atoms with Crippen LogP contribution in [0.4, 0.5) is 0 Å². The van der Waals surface area contributed by atoms with Crippen LogP contribution in [-0.4, -0.2) is 21.2 Å². The van der Waals surface area contributed by atoms with Crippen LogP contribution in [0.25, 0.3) is 0 Å². The van der Waals surface area contributed by atoms with E-state index in [0.717, 1.165) is 12.7 Å². The molecule has 0 radical (unpaired) electrons. The van der Waals surface area contributed by atoms with Crippen LogP contribution >= 0.6 is 0 Å². The molecule has 0 heterocycles. The van der Waals surface area contributed by atoms with Gasteiger partial charge in [-0.1, -0.05) is 12.2 Å². The minimum atomic E-state index is -2.99. The van der Waals surface area contributed by atoms with E-state index in [1.807, 2.05) is 19.1 Å². The van der Waals surface area contributed by atoms with Gasteiger partial charge in [0, 0.05) is 6.54 Å². The Kier molecular flexibility index (Phi) is 4.31. The van der Waals surface area contributed by atoms with E-state index >= 15 is 0 Å². The second kappa shape index (κ2) is 4.46. The molecule has 0 aliphatic rings. The SMILES string of the molecule is C/C=C/CCNS(C)(=O)=O. The van der Waals surface area contributed by atoms with Crippen LogP contribution in [0, 0.1) is 0 Å². The zero-order valence-corrected chi connectivity index (χ0v) is 7.11. The van der Waals surface area contributed by atoms with E-state index in [1.165, 1.54) is 0 Å². The van der Waals surface area contributed by atoms with E-state index in [2.05, 4.69) is 4.72 Å². The van der Waals surface area contributed by atoms with Crippen molar-refractivity contribution in [2.45, 2.75) is 13.3 Å². The van der Waals surface area contributed by atoms with Gasteiger partial charge in [0.05, 0.1) is 6.26 Å². The highest BCUT2D eigenvalue weighted by molar-refractivity contribution is 7.88. The maximum atomic E-state index is 10.5. The average molecular weight is 163 g/mol. The van der Waals surface area contributed by atoms with Crippen LogP contribution in [0.2, 0.25) is 0 Å². The van der Waals surface area contributed by atoms with Crippen molar-refractivity contribution in [1.82, 2.24) is 4.72 Å². The molecule has 0 saturated carbocycles. The number of nitrogens with one attached hydrogen (secondary N) is 1. The highest BCUT2D eigenvalue weighted by Gasteiger charge is 1.95. The monoisotopic (exact) mass is 163 g/mol. The molecule has 0 unspecified atom stereocenters. The van der Waals surface area contributed by atoms with Crippen LogP contribution in [-0.2, 0) is 10.0 Å². The molecule has 0 bridgehead atoms. The smallest absolute Gasteiger partial charge is 0.208 e. The van der Waals surface area contributed by atoms with Crippen LogP contribution in [0.5, 0.6) is 0 Å². The zero-order chi connectivity index (χ0) is 8.04. The number of sulfonamides is 1. The minimum Gasteiger partial charge on any atom is -0.215 e. The van der Waals surface area contributed by atoms with E-state index in [-0.39, 0.29) is 0 Å². The first kappa shape index (κ1) is 9.65. The number of hydrogen-bond acceptors (Lipinski definition) is 2. The third kappa shape index (κ3) is 7.65. The summed E-state index contributed by atoms with van der Waals surface area (Å²) in [6.07, 6.45) is 5.72. The number of hydrogen-bond donors (Lipinski definition) is 1. The summed E-state index contributed by atoms with van der Waals surface area (Å²) in [6, 6.07) is 0. The van der Waals surface area contributed by atoms with Gasteiger partial charge in [0.1, 0.15) is 0 Å². The lowest BCUT2D eigenvalue weighted by atomic mass is 10.4. The summed E-state index contributed by atoms with van der Waals surface area (Å²) >= 11 is 0. The second-order valence-electron chi connectivity index (χ2n) is 2.02. The fourth-order valence-corrected chi connectivity index (χ4v) is 0.983. The molecule has 0 atom stereocenters. The molecule has 0 rings (SSSR count). The average Bonchev–Trinajstić information content (AvgIpc) is 1.78. The van der Waals surface area contributed by atoms with Gasteiger partial charge in [0.25, 0.3) is 0 Å². The lowest BCUT2D eigenvalue weighted by Gasteiger charge is -1.96. The Morgan fingerprint density at radius 3 is 2.50 bits per heavy atom. The molecule has 60 valence electrons. The second-order valence-corrected chi connectivity index (χ2v) is 3.86. The van der Waals surface area contributed by atoms with Crippen molar-refractivity contribution in [1.29, 1.82) is 0 Å². The molecular weight excluding hydrogens is 150 g/mol. The summed E-state index contributed by atoms with van der Waals surface area (Å²) in [5.41, 5.74) is 0. The molecule has 10 heavy (non-hydrogen) atoms. The first-order valence-corrected chi connectivity index (χ1v) is 5.01. The maximum absolute atomic E-state index is 10.5. The summed E-state index contributed by atoms with van der Waals surface area (Å²) in [5, 5.41) is 0. The first-order valence-electron chi connectivity index (χ1n) is 3.12. The quantitative estimate of drug-likeness (QED) is 0.484. The van der Waals surface area contributed by atoms with Gasteiger partial charge in [0.15, 0.2) is 0 Å². The Balaban J connectivity index is 3.39. The van der Waals surface area contributed by atoms with Gasteiger partial charge in [-0.25, -0.2) is 13.1 Å². The Morgan fingerprint density at radius 1 is 1.50 bits per heavy atom. The van der Waals surface area contributed by atoms with Crippen LogP contribution in [0.3, 0.4) is 0 Å². The summed E-state index contributed by atoms with van der Waals surface area (Å²) in [7, 11) is -2.99. The maximum Gasteiger partial charge on any atom is 0.208 e. The largest absolute Gasteiger partial charge is 0.215 e. The van der Waals surface area contributed by atoms with Gasteiger partial charge in [-0.15, -0.1) is 0 Å². The van der Waals surface area contributed by atoms with Crippen LogP contribution in [0.1, 0.15) is 13.3 Å². The predicted molar refractivity (Wildman–Crippen MR) is 42.3 cm³/mol. The topological polar surface area (TPSA) is 46.2 Å². The molecule has 0 aromatic heterocycles. The fourth-order valence-electron chi connectivity index (χ4n) is 0.494. The van der Waals surface area contributed by atoms with Crippen molar-refractivity contribution in [3.05, 3.63) is 12.2 Å². The molecule has 1 N–H and O–H groups in total. The van der Waals surface area contributed by atoms with Crippen molar-refractivity contribution < 1.29 is 8.42 Å². The third-order valence-electron chi connectivity index (χ3n) is 0.911. The molecule has 0 saturated heterocycles. The number of allylic oxidation sites excluding steroid dienone is 1. The van der Waals surface area contributed by atoms with Gasteiger partial charge in [-0.2, -0.15) is 0 Å². The standard InChI is InChI=1S/C6H13NO2S/c1-3-4-5-6-7-10(2,8)9/h3-4,7H,5-6H2,1-2H3/b4-3+. The fraction of sp³-hybridized carbons (Fsp3) is 0.667. The predicted octanol–water partition coefficient (Wildman–Crippen LogP) is 0.502. The minimum absolute atomic E-state index is 0.489. The molecule has 0 aromatic carbocycles. The van der Waals surface area contributed by atoms with E-state index in [4.69, 9.17) is 0 Å². The molecule has 0 aliphatic heterocycles. The molecule has 0 fully saturated rings. The molecule has 4 heteroatoms. The lowest BCUT2D eigenvalue weighted by molar-refractivity contribution is 0.588. The lowest BCUT2D eigenvalue weighted by Crippen LogP contribution is -2.22.